The minimum absolute atomic E-state index is 0.0810. The number of hydrazone groups is 1. The molecule has 0 saturated carbocycles. The second-order valence-electron chi connectivity index (χ2n) is 2.63. The largest absolute Gasteiger partial charge is 0.302 e. The second-order valence-corrected chi connectivity index (χ2v) is 2.63. The van der Waals surface area contributed by atoms with Crippen molar-refractivity contribution in [3.8, 4) is 0 Å². The van der Waals surface area contributed by atoms with E-state index in [0.29, 0.717) is 0 Å². The van der Waals surface area contributed by atoms with Crippen molar-refractivity contribution in [3.05, 3.63) is 23.8 Å². The Bertz CT molecular complexity index is 265. The van der Waals surface area contributed by atoms with Crippen LogP contribution in [-0.2, 0) is 4.79 Å². The number of nitrogens with zero attached hydrogens (tertiary/aromatic N) is 1. The molecule has 11 heavy (non-hydrogen) atoms. The minimum Gasteiger partial charge on any atom is -0.302 e. The summed E-state index contributed by atoms with van der Waals surface area (Å²) in [4.78, 5) is 10.5. The number of nitrogens with one attached hydrogen (secondary N) is 1. The summed E-state index contributed by atoms with van der Waals surface area (Å²) in [5.41, 5.74) is 3.65. The van der Waals surface area contributed by atoms with Crippen LogP contribution in [0.25, 0.3) is 0 Å². The third-order valence-electron chi connectivity index (χ3n) is 1.96. The molecule has 0 aromatic heterocycles. The Hall–Kier alpha value is -1.38. The van der Waals surface area contributed by atoms with Gasteiger partial charge in [0.2, 0.25) is 0 Å². The van der Waals surface area contributed by atoms with Crippen LogP contribution in [0.5, 0.6) is 0 Å². The smallest absolute Gasteiger partial charge is 0.148 e. The molecule has 0 amide bonds. The van der Waals surface area contributed by atoms with E-state index >= 15 is 0 Å². The highest BCUT2D eigenvalue weighted by molar-refractivity contribution is 5.81. The predicted molar refractivity (Wildman–Crippen MR) is 42.2 cm³/mol. The summed E-state index contributed by atoms with van der Waals surface area (Å²) in [7, 11) is 0. The van der Waals surface area contributed by atoms with Gasteiger partial charge in [0, 0.05) is 17.7 Å². The highest BCUT2D eigenvalue weighted by atomic mass is 16.1. The number of hydrogen-bond acceptors (Lipinski definition) is 3. The number of rotatable bonds is 1. The summed E-state index contributed by atoms with van der Waals surface area (Å²) >= 11 is 0. The van der Waals surface area contributed by atoms with Gasteiger partial charge in [0.25, 0.3) is 0 Å². The molecule has 0 saturated heterocycles. The lowest BCUT2D eigenvalue weighted by Crippen LogP contribution is -2.30. The Morgan fingerprint density at radius 3 is 3.36 bits per heavy atom. The van der Waals surface area contributed by atoms with Crippen molar-refractivity contribution >= 4 is 12.5 Å². The lowest BCUT2D eigenvalue weighted by atomic mass is 9.91. The number of carbonyl (C=O) groups excluding carboxylic acids is 1. The highest BCUT2D eigenvalue weighted by Crippen LogP contribution is 2.19. The summed E-state index contributed by atoms with van der Waals surface area (Å²) in [6.45, 7) is 0. The molecule has 1 N–H and O–H groups in total. The van der Waals surface area contributed by atoms with E-state index in [1.807, 2.05) is 24.4 Å². The van der Waals surface area contributed by atoms with Crippen LogP contribution in [0.1, 0.15) is 0 Å². The molecule has 3 heteroatoms. The second kappa shape index (κ2) is 2.34. The van der Waals surface area contributed by atoms with Crippen molar-refractivity contribution in [3.63, 3.8) is 0 Å². The Labute approximate surface area is 64.5 Å². The minimum atomic E-state index is 0.0810. The maximum atomic E-state index is 10.5. The fourth-order valence-electron chi connectivity index (χ4n) is 1.35. The molecule has 1 aliphatic heterocycles. The van der Waals surface area contributed by atoms with Gasteiger partial charge in [-0.1, -0.05) is 18.2 Å². The average molecular weight is 148 g/mol. The van der Waals surface area contributed by atoms with E-state index in [4.69, 9.17) is 0 Å². The predicted octanol–water partition coefficient (Wildman–Crippen LogP) is 0.255. The Morgan fingerprint density at radius 2 is 2.55 bits per heavy atom. The molecule has 2 aliphatic rings. The van der Waals surface area contributed by atoms with Gasteiger partial charge in [-0.05, 0) is 0 Å². The quantitative estimate of drug-likeness (QED) is 0.542. The van der Waals surface area contributed by atoms with E-state index in [0.717, 1.165) is 11.9 Å². The van der Waals surface area contributed by atoms with Gasteiger partial charge in [-0.25, -0.2) is 0 Å². The lowest BCUT2D eigenvalue weighted by Gasteiger charge is -2.17. The Kier molecular flexibility index (Phi) is 1.35. The van der Waals surface area contributed by atoms with Gasteiger partial charge in [-0.3, -0.25) is 4.79 Å². The monoisotopic (exact) mass is 148 g/mol. The van der Waals surface area contributed by atoms with Gasteiger partial charge in [0.1, 0.15) is 6.29 Å². The van der Waals surface area contributed by atoms with E-state index in [1.54, 1.807) is 0 Å². The van der Waals surface area contributed by atoms with Crippen molar-refractivity contribution in [2.45, 2.75) is 6.04 Å². The fraction of sp³-hybridized carbons (Fsp3) is 0.250. The number of carbonyl (C=O) groups is 1. The summed E-state index contributed by atoms with van der Waals surface area (Å²) in [6.07, 6.45) is 8.43. The molecule has 56 valence electrons. The Balaban J connectivity index is 2.30. The molecule has 3 nitrogen and oxygen atoms in total. The number of hydrogen-bond donors (Lipinski definition) is 1. The van der Waals surface area contributed by atoms with Crippen LogP contribution < -0.4 is 5.43 Å². The van der Waals surface area contributed by atoms with Gasteiger partial charge in [0.05, 0.1) is 6.04 Å². The zero-order chi connectivity index (χ0) is 7.68. The van der Waals surface area contributed by atoms with Crippen LogP contribution in [0, 0.1) is 5.92 Å². The molecule has 2 unspecified atom stereocenters. The zero-order valence-corrected chi connectivity index (χ0v) is 5.90. The van der Waals surface area contributed by atoms with Crippen molar-refractivity contribution in [2.75, 3.05) is 0 Å². The molecule has 2 rings (SSSR count). The third kappa shape index (κ3) is 0.888. The van der Waals surface area contributed by atoms with Crippen LogP contribution >= 0.6 is 0 Å². The first-order chi connectivity index (χ1) is 5.42. The Morgan fingerprint density at radius 1 is 1.64 bits per heavy atom. The first-order valence-electron chi connectivity index (χ1n) is 3.54. The van der Waals surface area contributed by atoms with Crippen molar-refractivity contribution in [1.82, 2.24) is 5.43 Å². The highest BCUT2D eigenvalue weighted by Gasteiger charge is 2.26. The van der Waals surface area contributed by atoms with Crippen molar-refractivity contribution in [2.24, 2.45) is 11.0 Å². The van der Waals surface area contributed by atoms with E-state index in [1.165, 1.54) is 0 Å². The molecule has 0 spiro atoms. The van der Waals surface area contributed by atoms with Gasteiger partial charge >= 0.3 is 0 Å². The van der Waals surface area contributed by atoms with Crippen LogP contribution in [0.2, 0.25) is 0 Å². The molecule has 0 aromatic carbocycles. The summed E-state index contributed by atoms with van der Waals surface area (Å²) in [5, 5.41) is 3.90. The van der Waals surface area contributed by atoms with E-state index in [2.05, 4.69) is 10.5 Å². The fourth-order valence-corrected chi connectivity index (χ4v) is 1.35. The van der Waals surface area contributed by atoms with Gasteiger partial charge in [0.15, 0.2) is 0 Å². The van der Waals surface area contributed by atoms with Gasteiger partial charge in [-0.2, -0.15) is 5.10 Å². The molecule has 0 bridgehead atoms. The lowest BCUT2D eigenvalue weighted by molar-refractivity contribution is -0.105. The number of allylic oxidation sites excluding steroid dienone is 2. The van der Waals surface area contributed by atoms with Crippen LogP contribution in [0.15, 0.2) is 28.9 Å². The molecule has 0 aromatic rings. The average Bonchev–Trinajstić information content (AvgIpc) is 2.50. The topological polar surface area (TPSA) is 41.5 Å². The standard InChI is InChI=1S/C8H8N2O/c11-5-7-3-1-2-6-4-9-10-8(6)7/h1-6,8,10H. The molecule has 1 heterocycles. The molecule has 1 aliphatic carbocycles. The molecular formula is C8H8N2O. The van der Waals surface area contributed by atoms with Crippen molar-refractivity contribution in [1.29, 1.82) is 0 Å². The molecular weight excluding hydrogens is 140 g/mol. The van der Waals surface area contributed by atoms with Crippen LogP contribution in [-0.4, -0.2) is 18.5 Å². The number of fused-ring (bicyclic) bond motifs is 1. The molecule has 2 atom stereocenters. The number of aldehydes is 1. The SMILES string of the molecule is O=CC1=CC=CC2C=NNC12. The van der Waals surface area contributed by atoms with E-state index < -0.39 is 0 Å². The van der Waals surface area contributed by atoms with Gasteiger partial charge in [-0.15, -0.1) is 0 Å². The van der Waals surface area contributed by atoms with Crippen LogP contribution in [0.4, 0.5) is 0 Å². The summed E-state index contributed by atoms with van der Waals surface area (Å²) in [6, 6.07) is 0.0810. The summed E-state index contributed by atoms with van der Waals surface area (Å²) < 4.78 is 0. The maximum absolute atomic E-state index is 10.5. The van der Waals surface area contributed by atoms with Crippen LogP contribution in [0.3, 0.4) is 0 Å². The zero-order valence-electron chi connectivity index (χ0n) is 5.90. The first-order valence-corrected chi connectivity index (χ1v) is 3.54. The first kappa shape index (κ1) is 6.34. The normalized spacial score (nSPS) is 32.5. The summed E-state index contributed by atoms with van der Waals surface area (Å²) in [5.74, 6) is 0.264. The van der Waals surface area contributed by atoms with Crippen molar-refractivity contribution < 1.29 is 4.79 Å². The maximum Gasteiger partial charge on any atom is 0.148 e. The molecule has 0 radical (unpaired) electrons. The van der Waals surface area contributed by atoms with Gasteiger partial charge < -0.3 is 5.43 Å². The van der Waals surface area contributed by atoms with E-state index in [9.17, 15) is 4.79 Å². The third-order valence-corrected chi connectivity index (χ3v) is 1.96. The molecule has 0 fully saturated rings. The van der Waals surface area contributed by atoms with E-state index in [-0.39, 0.29) is 12.0 Å².